The first kappa shape index (κ1) is 12.9. The number of hydrogen-bond donors (Lipinski definition) is 1. The van der Waals surface area contributed by atoms with Crippen molar-refractivity contribution in [2.45, 2.75) is 45.2 Å². The molecule has 6 heteroatoms. The van der Waals surface area contributed by atoms with Gasteiger partial charge in [-0.2, -0.15) is 13.2 Å². The van der Waals surface area contributed by atoms with Gasteiger partial charge in [-0.25, -0.2) is 0 Å². The summed E-state index contributed by atoms with van der Waals surface area (Å²) in [5.74, 6) is -0.219. The molecule has 0 unspecified atom stereocenters. The summed E-state index contributed by atoms with van der Waals surface area (Å²) < 4.78 is 41.8. The lowest BCUT2D eigenvalue weighted by Gasteiger charge is -2.05. The molecule has 92 valence electrons. The average molecular weight is 236 g/mol. The minimum atomic E-state index is -4.48. The van der Waals surface area contributed by atoms with E-state index >= 15 is 0 Å². The van der Waals surface area contributed by atoms with Crippen molar-refractivity contribution in [3.8, 4) is 0 Å². The molecule has 1 rings (SSSR count). The van der Waals surface area contributed by atoms with Crippen molar-refractivity contribution in [1.82, 2.24) is 5.16 Å². The summed E-state index contributed by atoms with van der Waals surface area (Å²) in [6.07, 6.45) is -0.621. The Labute approximate surface area is 91.8 Å². The zero-order valence-electron chi connectivity index (χ0n) is 9.10. The van der Waals surface area contributed by atoms with Crippen LogP contribution in [-0.2, 0) is 12.6 Å². The predicted molar refractivity (Wildman–Crippen MR) is 53.8 cm³/mol. The lowest BCUT2D eigenvalue weighted by Crippen LogP contribution is -2.09. The highest BCUT2D eigenvalue weighted by molar-refractivity contribution is 5.40. The van der Waals surface area contributed by atoms with E-state index in [0.29, 0.717) is 6.42 Å². The van der Waals surface area contributed by atoms with Crippen molar-refractivity contribution in [1.29, 1.82) is 0 Å². The van der Waals surface area contributed by atoms with Crippen molar-refractivity contribution < 1.29 is 17.7 Å². The van der Waals surface area contributed by atoms with Crippen LogP contribution in [0.25, 0.3) is 0 Å². The van der Waals surface area contributed by atoms with Gasteiger partial charge in [-0.15, -0.1) is 0 Å². The van der Waals surface area contributed by atoms with Crippen LogP contribution in [0.1, 0.15) is 43.9 Å². The van der Waals surface area contributed by atoms with Crippen LogP contribution >= 0.6 is 0 Å². The molecule has 0 atom stereocenters. The van der Waals surface area contributed by atoms with Gasteiger partial charge in [-0.3, -0.25) is 0 Å². The Bertz CT molecular complexity index is 333. The van der Waals surface area contributed by atoms with Crippen LogP contribution in [0.5, 0.6) is 0 Å². The Hall–Kier alpha value is -1.20. The zero-order chi connectivity index (χ0) is 12.2. The van der Waals surface area contributed by atoms with E-state index in [1.807, 2.05) is 6.92 Å². The van der Waals surface area contributed by atoms with Gasteiger partial charge in [0.05, 0.1) is 0 Å². The molecule has 0 aromatic carbocycles. The number of nitrogens with zero attached hydrogens (tertiary/aromatic N) is 1. The molecular formula is C10H15F3N2O. The van der Waals surface area contributed by atoms with E-state index in [9.17, 15) is 13.2 Å². The highest BCUT2D eigenvalue weighted by Crippen LogP contribution is 2.34. The van der Waals surface area contributed by atoms with Crippen LogP contribution in [0.4, 0.5) is 19.1 Å². The Morgan fingerprint density at radius 1 is 1.25 bits per heavy atom. The second-order valence-electron chi connectivity index (χ2n) is 3.68. The Morgan fingerprint density at radius 3 is 2.50 bits per heavy atom. The van der Waals surface area contributed by atoms with Gasteiger partial charge in [0.15, 0.2) is 5.69 Å². The summed E-state index contributed by atoms with van der Waals surface area (Å²) in [7, 11) is 0. The summed E-state index contributed by atoms with van der Waals surface area (Å²) >= 11 is 0. The number of alkyl halides is 3. The van der Waals surface area contributed by atoms with E-state index in [0.717, 1.165) is 19.3 Å². The van der Waals surface area contributed by atoms with Crippen LogP contribution < -0.4 is 5.73 Å². The van der Waals surface area contributed by atoms with Crippen LogP contribution in [0.3, 0.4) is 0 Å². The number of unbranched alkanes of at least 4 members (excludes halogenated alkanes) is 3. The molecule has 0 fully saturated rings. The number of halogens is 3. The Balaban J connectivity index is 2.67. The fourth-order valence-corrected chi connectivity index (χ4v) is 1.51. The van der Waals surface area contributed by atoms with Crippen molar-refractivity contribution in [2.24, 2.45) is 0 Å². The van der Waals surface area contributed by atoms with E-state index in [2.05, 4.69) is 9.68 Å². The van der Waals surface area contributed by atoms with Gasteiger partial charge in [-0.05, 0) is 12.8 Å². The van der Waals surface area contributed by atoms with E-state index < -0.39 is 11.9 Å². The number of nitrogen functional groups attached to an aromatic ring is 1. The van der Waals surface area contributed by atoms with E-state index in [-0.39, 0.29) is 17.9 Å². The molecule has 0 aliphatic carbocycles. The van der Waals surface area contributed by atoms with Gasteiger partial charge < -0.3 is 10.3 Å². The van der Waals surface area contributed by atoms with Gasteiger partial charge in [0.1, 0.15) is 0 Å². The quantitative estimate of drug-likeness (QED) is 0.797. The average Bonchev–Trinajstić information content (AvgIpc) is 2.54. The standard InChI is InChI=1S/C10H15F3N2O/c1-2-3-4-5-6-7-8(10(11,12)13)15-16-9(7)14/h2-6,14H2,1H3. The van der Waals surface area contributed by atoms with Gasteiger partial charge >= 0.3 is 6.18 Å². The monoisotopic (exact) mass is 236 g/mol. The second kappa shape index (κ2) is 5.23. The minimum Gasteiger partial charge on any atom is -0.367 e. The normalized spacial score (nSPS) is 12.0. The number of hydrogen-bond acceptors (Lipinski definition) is 3. The molecule has 0 aliphatic heterocycles. The fraction of sp³-hybridized carbons (Fsp3) is 0.700. The SMILES string of the molecule is CCCCCCc1c(C(F)(F)F)noc1N. The zero-order valence-corrected chi connectivity index (χ0v) is 9.10. The third-order valence-electron chi connectivity index (χ3n) is 2.37. The molecule has 0 spiro atoms. The fourth-order valence-electron chi connectivity index (χ4n) is 1.51. The third kappa shape index (κ3) is 3.15. The molecule has 1 heterocycles. The number of anilines is 1. The lowest BCUT2D eigenvalue weighted by molar-refractivity contribution is -0.143. The molecule has 0 saturated carbocycles. The number of rotatable bonds is 5. The van der Waals surface area contributed by atoms with E-state index in [1.165, 1.54) is 0 Å². The molecule has 0 saturated heterocycles. The summed E-state index contributed by atoms with van der Waals surface area (Å²) in [6, 6.07) is 0. The van der Waals surface area contributed by atoms with E-state index in [1.54, 1.807) is 0 Å². The summed E-state index contributed by atoms with van der Waals surface area (Å²) in [6.45, 7) is 2.04. The van der Waals surface area contributed by atoms with Crippen LogP contribution in [-0.4, -0.2) is 5.16 Å². The first-order valence-electron chi connectivity index (χ1n) is 5.28. The highest BCUT2D eigenvalue weighted by atomic mass is 19.4. The molecule has 0 bridgehead atoms. The molecule has 1 aromatic rings. The molecule has 0 aliphatic rings. The van der Waals surface area contributed by atoms with Crippen LogP contribution in [0.2, 0.25) is 0 Å². The second-order valence-corrected chi connectivity index (χ2v) is 3.68. The van der Waals surface area contributed by atoms with E-state index in [4.69, 9.17) is 5.73 Å². The summed E-state index contributed by atoms with van der Waals surface area (Å²) in [5, 5.41) is 2.96. The molecular weight excluding hydrogens is 221 g/mol. The maximum atomic E-state index is 12.5. The van der Waals surface area contributed by atoms with Gasteiger partial charge in [0.2, 0.25) is 5.88 Å². The predicted octanol–water partition coefficient (Wildman–Crippen LogP) is 3.40. The number of nitrogens with two attached hydrogens (primary N) is 1. The summed E-state index contributed by atoms with van der Waals surface area (Å²) in [4.78, 5) is 0. The molecule has 0 amide bonds. The molecule has 3 nitrogen and oxygen atoms in total. The minimum absolute atomic E-state index is 0.0106. The Kier molecular flexibility index (Phi) is 4.20. The first-order valence-corrected chi connectivity index (χ1v) is 5.28. The van der Waals surface area contributed by atoms with Gasteiger partial charge in [0, 0.05) is 5.56 Å². The van der Waals surface area contributed by atoms with Crippen LogP contribution in [0.15, 0.2) is 4.52 Å². The molecule has 16 heavy (non-hydrogen) atoms. The van der Waals surface area contributed by atoms with Gasteiger partial charge in [0.25, 0.3) is 0 Å². The maximum Gasteiger partial charge on any atom is 0.437 e. The Morgan fingerprint density at radius 2 is 1.94 bits per heavy atom. The van der Waals surface area contributed by atoms with Crippen molar-refractivity contribution in [3.05, 3.63) is 11.3 Å². The van der Waals surface area contributed by atoms with Crippen molar-refractivity contribution in [3.63, 3.8) is 0 Å². The first-order chi connectivity index (χ1) is 7.46. The molecule has 2 N–H and O–H groups in total. The lowest BCUT2D eigenvalue weighted by atomic mass is 10.1. The smallest absolute Gasteiger partial charge is 0.367 e. The topological polar surface area (TPSA) is 52.0 Å². The third-order valence-corrected chi connectivity index (χ3v) is 2.37. The largest absolute Gasteiger partial charge is 0.437 e. The van der Waals surface area contributed by atoms with Crippen molar-refractivity contribution >= 4 is 5.88 Å². The molecule has 1 aromatic heterocycles. The van der Waals surface area contributed by atoms with Crippen LogP contribution in [0, 0.1) is 0 Å². The van der Waals surface area contributed by atoms with Gasteiger partial charge in [-0.1, -0.05) is 31.3 Å². The van der Waals surface area contributed by atoms with Crippen molar-refractivity contribution in [2.75, 3.05) is 5.73 Å². The molecule has 0 radical (unpaired) electrons. The highest BCUT2D eigenvalue weighted by Gasteiger charge is 2.38. The number of aromatic nitrogens is 1. The summed E-state index contributed by atoms with van der Waals surface area (Å²) in [5.41, 5.74) is 4.33. The maximum absolute atomic E-state index is 12.5.